The first-order chi connectivity index (χ1) is 7.56. The summed E-state index contributed by atoms with van der Waals surface area (Å²) in [6, 6.07) is 0. The second-order valence-electron chi connectivity index (χ2n) is 6.80. The van der Waals surface area contributed by atoms with Crippen LogP contribution in [0.3, 0.4) is 0 Å². The van der Waals surface area contributed by atoms with Gasteiger partial charge in [-0.3, -0.25) is 9.36 Å². The van der Waals surface area contributed by atoms with Gasteiger partial charge in [0.2, 0.25) is 0 Å². The number of hydrogen-bond acceptors (Lipinski definition) is 2. The Balaban J connectivity index is 4.34. The number of aliphatic carboxylic acids is 1. The minimum atomic E-state index is -0.813. The predicted molar refractivity (Wildman–Crippen MR) is 70.7 cm³/mol. The third-order valence-electron chi connectivity index (χ3n) is 2.64. The largest absolute Gasteiger partial charge is 0.481 e. The number of rotatable bonds is 7. The fourth-order valence-corrected chi connectivity index (χ4v) is 3.43. The monoisotopic (exact) mass is 260 g/mol. The van der Waals surface area contributed by atoms with Gasteiger partial charge in [-0.15, -0.1) is 0 Å². The lowest BCUT2D eigenvalue weighted by Gasteiger charge is -2.33. The van der Waals surface area contributed by atoms with Gasteiger partial charge in [-0.2, -0.15) is 0 Å². The molecule has 0 saturated heterocycles. The van der Waals surface area contributed by atoms with Crippen LogP contribution in [0, 0.1) is 10.8 Å². The van der Waals surface area contributed by atoms with Gasteiger partial charge in [0.1, 0.15) is 0 Å². The van der Waals surface area contributed by atoms with Gasteiger partial charge in [0.25, 0.3) is 0 Å². The maximum absolute atomic E-state index is 11.1. The van der Waals surface area contributed by atoms with E-state index in [1.54, 1.807) is 0 Å². The van der Waals surface area contributed by atoms with Gasteiger partial charge in [-0.1, -0.05) is 34.6 Å². The van der Waals surface area contributed by atoms with Crippen molar-refractivity contribution in [2.75, 3.05) is 0 Å². The SMILES string of the molecule is CC(C)(C)CC(C)(C)C[C@H](CCC(=O)O)P=O. The van der Waals surface area contributed by atoms with Crippen LogP contribution < -0.4 is 0 Å². The van der Waals surface area contributed by atoms with E-state index in [4.69, 9.17) is 5.11 Å². The molecule has 0 aliphatic carbocycles. The number of carboxylic acid groups (broad SMARTS) is 1. The highest BCUT2D eigenvalue weighted by atomic mass is 31.1. The summed E-state index contributed by atoms with van der Waals surface area (Å²) < 4.78 is 11.1. The van der Waals surface area contributed by atoms with Crippen LogP contribution in [0.1, 0.15) is 60.3 Å². The number of carboxylic acids is 1. The first-order valence-electron chi connectivity index (χ1n) is 6.10. The van der Waals surface area contributed by atoms with E-state index < -0.39 is 5.97 Å². The molecule has 0 aromatic carbocycles. The van der Waals surface area contributed by atoms with Crippen molar-refractivity contribution >= 4 is 14.4 Å². The van der Waals surface area contributed by atoms with Gasteiger partial charge < -0.3 is 5.11 Å². The van der Waals surface area contributed by atoms with Gasteiger partial charge in [-0.25, -0.2) is 0 Å². The van der Waals surface area contributed by atoms with Crippen LogP contribution in [0.15, 0.2) is 0 Å². The predicted octanol–water partition coefficient (Wildman–Crippen LogP) is 4.36. The Morgan fingerprint density at radius 2 is 1.76 bits per heavy atom. The quantitative estimate of drug-likeness (QED) is 0.692. The molecule has 0 aromatic heterocycles. The van der Waals surface area contributed by atoms with Gasteiger partial charge in [-0.05, 0) is 30.1 Å². The molecule has 4 heteroatoms. The number of hydrogen-bond donors (Lipinski definition) is 1. The van der Waals surface area contributed by atoms with Crippen molar-refractivity contribution in [2.24, 2.45) is 10.8 Å². The Hall–Kier alpha value is -0.430. The lowest BCUT2D eigenvalue weighted by Crippen LogP contribution is -2.24. The summed E-state index contributed by atoms with van der Waals surface area (Å²) in [6.45, 7) is 10.9. The second-order valence-corrected chi connectivity index (χ2v) is 7.74. The summed E-state index contributed by atoms with van der Waals surface area (Å²) in [5.74, 6) is -0.813. The maximum atomic E-state index is 11.1. The molecule has 0 aliphatic heterocycles. The van der Waals surface area contributed by atoms with E-state index in [1.807, 2.05) is 0 Å². The van der Waals surface area contributed by atoms with E-state index in [0.717, 1.165) is 12.8 Å². The summed E-state index contributed by atoms with van der Waals surface area (Å²) in [5.41, 5.74) is 0.294. The van der Waals surface area contributed by atoms with Crippen LogP contribution in [0.25, 0.3) is 0 Å². The molecule has 0 saturated carbocycles. The standard InChI is InChI=1S/C13H25O3P/c1-12(2,3)9-13(4,5)8-10(17-16)6-7-11(14)15/h10H,6-9H2,1-5H3,(H,14,15)/t10-/m0/s1. The zero-order valence-electron chi connectivity index (χ0n) is 11.6. The lowest BCUT2D eigenvalue weighted by molar-refractivity contribution is -0.137. The zero-order valence-corrected chi connectivity index (χ0v) is 12.5. The lowest BCUT2D eigenvalue weighted by atomic mass is 9.73. The van der Waals surface area contributed by atoms with E-state index in [2.05, 4.69) is 34.6 Å². The Morgan fingerprint density at radius 3 is 2.12 bits per heavy atom. The minimum Gasteiger partial charge on any atom is -0.481 e. The fourth-order valence-electron chi connectivity index (χ4n) is 2.63. The molecule has 100 valence electrons. The van der Waals surface area contributed by atoms with E-state index in [1.165, 1.54) is 0 Å². The fraction of sp³-hybridized carbons (Fsp3) is 0.923. The van der Waals surface area contributed by atoms with Crippen molar-refractivity contribution in [3.63, 3.8) is 0 Å². The van der Waals surface area contributed by atoms with Crippen molar-refractivity contribution in [1.82, 2.24) is 0 Å². The molecule has 0 heterocycles. The van der Waals surface area contributed by atoms with Crippen molar-refractivity contribution in [2.45, 2.75) is 66.0 Å². The van der Waals surface area contributed by atoms with Crippen LogP contribution in [-0.4, -0.2) is 16.7 Å². The van der Waals surface area contributed by atoms with Gasteiger partial charge in [0, 0.05) is 12.1 Å². The van der Waals surface area contributed by atoms with Crippen molar-refractivity contribution < 1.29 is 14.5 Å². The molecular weight excluding hydrogens is 235 g/mol. The molecule has 0 radical (unpaired) electrons. The van der Waals surface area contributed by atoms with E-state index >= 15 is 0 Å². The average Bonchev–Trinajstić information content (AvgIpc) is 2.07. The molecule has 0 unspecified atom stereocenters. The van der Waals surface area contributed by atoms with Crippen LogP contribution in [0.2, 0.25) is 0 Å². The highest BCUT2D eigenvalue weighted by Gasteiger charge is 2.28. The molecule has 0 aliphatic rings. The van der Waals surface area contributed by atoms with Gasteiger partial charge in [0.15, 0.2) is 8.46 Å². The summed E-state index contributed by atoms with van der Waals surface area (Å²) in [7, 11) is 0.0733. The Morgan fingerprint density at radius 1 is 1.24 bits per heavy atom. The average molecular weight is 260 g/mol. The summed E-state index contributed by atoms with van der Waals surface area (Å²) in [5, 5.41) is 8.64. The first-order valence-corrected chi connectivity index (χ1v) is 6.98. The Bertz CT molecular complexity index is 266. The molecule has 0 bridgehead atoms. The zero-order chi connectivity index (χ0) is 13.7. The number of carbonyl (C=O) groups is 1. The third-order valence-corrected chi connectivity index (χ3v) is 3.38. The van der Waals surface area contributed by atoms with Crippen LogP contribution in [-0.2, 0) is 9.36 Å². The van der Waals surface area contributed by atoms with Crippen LogP contribution in [0.5, 0.6) is 0 Å². The first kappa shape index (κ1) is 16.6. The van der Waals surface area contributed by atoms with Crippen molar-refractivity contribution in [3.05, 3.63) is 0 Å². The molecule has 3 nitrogen and oxygen atoms in total. The molecule has 0 aromatic rings. The summed E-state index contributed by atoms with van der Waals surface area (Å²) in [6.07, 6.45) is 2.45. The van der Waals surface area contributed by atoms with Gasteiger partial charge in [0.05, 0.1) is 0 Å². The second kappa shape index (κ2) is 6.49. The highest BCUT2D eigenvalue weighted by Crippen LogP contribution is 2.39. The highest BCUT2D eigenvalue weighted by molar-refractivity contribution is 7.24. The molecule has 17 heavy (non-hydrogen) atoms. The van der Waals surface area contributed by atoms with Gasteiger partial charge >= 0.3 is 5.97 Å². The molecule has 0 amide bonds. The molecule has 0 spiro atoms. The normalized spacial score (nSPS) is 14.9. The van der Waals surface area contributed by atoms with E-state index in [9.17, 15) is 9.36 Å². The smallest absolute Gasteiger partial charge is 0.303 e. The topological polar surface area (TPSA) is 54.4 Å². The minimum absolute atomic E-state index is 0.0385. The Kier molecular flexibility index (Phi) is 6.32. The molecule has 0 fully saturated rings. The summed E-state index contributed by atoms with van der Waals surface area (Å²) in [4.78, 5) is 10.5. The molecular formula is C13H25O3P. The van der Waals surface area contributed by atoms with Crippen LogP contribution in [0.4, 0.5) is 0 Å². The molecule has 1 N–H and O–H groups in total. The maximum Gasteiger partial charge on any atom is 0.303 e. The van der Waals surface area contributed by atoms with Crippen LogP contribution >= 0.6 is 8.46 Å². The molecule has 1 atom stereocenters. The molecule has 0 rings (SSSR count). The van der Waals surface area contributed by atoms with E-state index in [-0.39, 0.29) is 31.4 Å². The summed E-state index contributed by atoms with van der Waals surface area (Å²) >= 11 is 0. The third kappa shape index (κ3) is 9.29. The van der Waals surface area contributed by atoms with Crippen molar-refractivity contribution in [3.8, 4) is 0 Å². The van der Waals surface area contributed by atoms with E-state index in [0.29, 0.717) is 6.42 Å². The van der Waals surface area contributed by atoms with Crippen molar-refractivity contribution in [1.29, 1.82) is 0 Å². The Labute approximate surface area is 106 Å².